The van der Waals surface area contributed by atoms with Crippen molar-refractivity contribution in [1.82, 2.24) is 19.6 Å². The molecule has 0 saturated heterocycles. The smallest absolute Gasteiger partial charge is 0.858 e. The van der Waals surface area contributed by atoms with E-state index in [1.165, 1.54) is 0 Å². The Morgan fingerprint density at radius 1 is 1.09 bits per heavy atom. The number of benzene rings is 1. The van der Waals surface area contributed by atoms with Gasteiger partial charge in [0.15, 0.2) is 0 Å². The van der Waals surface area contributed by atoms with Crippen molar-refractivity contribution in [2.24, 2.45) is 0 Å². The summed E-state index contributed by atoms with van der Waals surface area (Å²) in [4.78, 5) is 6.99. The second kappa shape index (κ2) is 7.53. The zero-order chi connectivity index (χ0) is 15.1. The first-order valence-electron chi connectivity index (χ1n) is 5.50. The molecule has 0 aliphatic heterocycles. The Bertz CT molecular complexity index is 903. The summed E-state index contributed by atoms with van der Waals surface area (Å²) in [5, 5.41) is 36.1. The van der Waals surface area contributed by atoms with Crippen molar-refractivity contribution < 1.29 is 78.1 Å². The van der Waals surface area contributed by atoms with E-state index in [9.17, 15) is 19.0 Å². The van der Waals surface area contributed by atoms with E-state index in [1.807, 2.05) is 0 Å². The molecule has 104 valence electrons. The van der Waals surface area contributed by atoms with Gasteiger partial charge in [-0.1, -0.05) is 0 Å². The van der Waals surface area contributed by atoms with Crippen molar-refractivity contribution in [1.29, 1.82) is 5.26 Å². The molecule has 2 aromatic heterocycles. The van der Waals surface area contributed by atoms with Gasteiger partial charge in [0.2, 0.25) is 0 Å². The molecule has 0 unspecified atom stereocenters. The Kier molecular flexibility index (Phi) is 6.47. The van der Waals surface area contributed by atoms with E-state index < -0.39 is 34.5 Å². The molecule has 0 radical (unpaired) electrons. The molecule has 0 spiro atoms. The van der Waals surface area contributed by atoms with Gasteiger partial charge in [0, 0.05) is 17.3 Å². The number of rotatable bonds is 1. The van der Waals surface area contributed by atoms with Crippen LogP contribution in [0.15, 0.2) is 18.5 Å². The average molecular weight is 333 g/mol. The predicted octanol–water partition coefficient (Wildman–Crippen LogP) is -5.90. The van der Waals surface area contributed by atoms with Crippen molar-refractivity contribution in [3.63, 3.8) is 0 Å². The fourth-order valence-corrected chi connectivity index (χ4v) is 1.89. The van der Waals surface area contributed by atoms with Crippen molar-refractivity contribution in [3.8, 4) is 29.0 Å². The Morgan fingerprint density at radius 2 is 1.70 bits per heavy atom. The minimum atomic E-state index is -1.21. The van der Waals surface area contributed by atoms with E-state index in [4.69, 9.17) is 5.26 Å². The van der Waals surface area contributed by atoms with E-state index in [1.54, 1.807) is 6.07 Å². The minimum absolute atomic E-state index is 0. The van der Waals surface area contributed by atoms with E-state index >= 15 is 0 Å². The molecule has 3 aromatic rings. The number of halogens is 2. The first kappa shape index (κ1) is 19.8. The van der Waals surface area contributed by atoms with Gasteiger partial charge in [-0.15, -0.1) is 0 Å². The van der Waals surface area contributed by atoms with Crippen LogP contribution in [0.5, 0.6) is 11.8 Å². The summed E-state index contributed by atoms with van der Waals surface area (Å²) < 4.78 is 28.5. The summed E-state index contributed by atoms with van der Waals surface area (Å²) in [5.74, 6) is -4.83. The quantitative estimate of drug-likeness (QED) is 0.410. The van der Waals surface area contributed by atoms with E-state index in [2.05, 4.69) is 15.1 Å². The fraction of sp³-hybridized carbons (Fsp3) is 0. The monoisotopic (exact) mass is 333 g/mol. The number of hydrogen-bond acceptors (Lipinski definition) is 6. The molecule has 23 heavy (non-hydrogen) atoms. The Balaban J connectivity index is 0.00000132. The molecule has 0 N–H and O–H groups in total. The van der Waals surface area contributed by atoms with Gasteiger partial charge in [-0.05, 0) is 12.1 Å². The maximum absolute atomic E-state index is 13.9. The molecule has 1 aromatic carbocycles. The standard InChI is InChI=1S/C12H5F2N5O2.2Na/c13-6-1-5(3-15)2-7(14)8(6)9-10(20)18-12-16-4-17-19(12)11(9)21;;/h1-2,4,21H,(H,16,17,18,20);;/q;2*+1/p-2. The van der Waals surface area contributed by atoms with Crippen LogP contribution in [0.2, 0.25) is 0 Å². The van der Waals surface area contributed by atoms with Gasteiger partial charge in [0.25, 0.3) is 5.78 Å². The Morgan fingerprint density at radius 3 is 2.26 bits per heavy atom. The fourth-order valence-electron chi connectivity index (χ4n) is 1.89. The van der Waals surface area contributed by atoms with E-state index in [-0.39, 0.29) is 70.5 Å². The van der Waals surface area contributed by atoms with Gasteiger partial charge < -0.3 is 10.2 Å². The molecule has 0 aliphatic rings. The number of fused-ring (bicyclic) bond motifs is 1. The largest absolute Gasteiger partial charge is 1.00 e. The van der Waals surface area contributed by atoms with Gasteiger partial charge in [-0.2, -0.15) is 15.3 Å². The van der Waals surface area contributed by atoms with Crippen LogP contribution in [-0.2, 0) is 0 Å². The van der Waals surface area contributed by atoms with Crippen LogP contribution in [0.1, 0.15) is 5.56 Å². The zero-order valence-corrected chi connectivity index (χ0v) is 16.0. The van der Waals surface area contributed by atoms with Gasteiger partial charge in [-0.3, -0.25) is 0 Å². The minimum Gasteiger partial charge on any atom is -0.858 e. The molecule has 0 fully saturated rings. The number of nitrogens with zero attached hydrogens (tertiary/aromatic N) is 5. The topological polar surface area (TPSA) is 113 Å². The van der Waals surface area contributed by atoms with Crippen LogP contribution in [0.4, 0.5) is 8.78 Å². The van der Waals surface area contributed by atoms with Crippen LogP contribution >= 0.6 is 0 Å². The van der Waals surface area contributed by atoms with Gasteiger partial charge in [-0.25, -0.2) is 18.3 Å². The van der Waals surface area contributed by atoms with Crippen LogP contribution in [0.25, 0.3) is 16.9 Å². The number of aromatic nitrogens is 4. The first-order valence-corrected chi connectivity index (χ1v) is 5.50. The third-order valence-electron chi connectivity index (χ3n) is 2.77. The third-order valence-corrected chi connectivity index (χ3v) is 2.77. The molecule has 0 amide bonds. The molecular formula is C12H3F2N5Na2O2. The average Bonchev–Trinajstić information content (AvgIpc) is 2.89. The SMILES string of the molecule is N#Cc1cc(F)c(-c2c([O-])nc3ncnn3c2[O-])c(F)c1.[Na+].[Na+]. The van der Waals surface area contributed by atoms with Crippen molar-refractivity contribution in [3.05, 3.63) is 35.7 Å². The van der Waals surface area contributed by atoms with Crippen molar-refractivity contribution in [2.75, 3.05) is 0 Å². The van der Waals surface area contributed by atoms with Gasteiger partial charge in [0.05, 0.1) is 17.2 Å². The van der Waals surface area contributed by atoms with Gasteiger partial charge in [0.1, 0.15) is 18.0 Å². The molecule has 2 heterocycles. The first-order chi connectivity index (χ1) is 10.0. The molecule has 3 rings (SSSR count). The van der Waals surface area contributed by atoms with Crippen molar-refractivity contribution >= 4 is 5.78 Å². The van der Waals surface area contributed by atoms with Crippen molar-refractivity contribution in [2.45, 2.75) is 0 Å². The Hall–Kier alpha value is -1.28. The molecule has 0 bridgehead atoms. The summed E-state index contributed by atoms with van der Waals surface area (Å²) in [5.41, 5.74) is -1.91. The summed E-state index contributed by atoms with van der Waals surface area (Å²) in [7, 11) is 0. The number of nitriles is 1. The second-order valence-corrected chi connectivity index (χ2v) is 4.00. The van der Waals surface area contributed by atoms with E-state index in [0.717, 1.165) is 18.5 Å². The van der Waals surface area contributed by atoms with Crippen LogP contribution < -0.4 is 69.3 Å². The molecule has 0 aliphatic carbocycles. The predicted molar refractivity (Wildman–Crippen MR) is 59.7 cm³/mol. The maximum atomic E-state index is 13.9. The Labute approximate surface area is 172 Å². The zero-order valence-electron chi connectivity index (χ0n) is 12.0. The molecule has 7 nitrogen and oxygen atoms in total. The summed E-state index contributed by atoms with van der Waals surface area (Å²) in [6.07, 6.45) is 0.985. The van der Waals surface area contributed by atoms with Gasteiger partial charge >= 0.3 is 59.1 Å². The molecule has 0 saturated carbocycles. The van der Waals surface area contributed by atoms with Crippen LogP contribution in [-0.4, -0.2) is 19.6 Å². The second-order valence-electron chi connectivity index (χ2n) is 4.00. The molecular weight excluding hydrogens is 330 g/mol. The summed E-state index contributed by atoms with van der Waals surface area (Å²) >= 11 is 0. The molecule has 11 heteroatoms. The maximum Gasteiger partial charge on any atom is 1.00 e. The van der Waals surface area contributed by atoms with Crippen LogP contribution in [0, 0.1) is 23.0 Å². The number of hydrogen-bond donors (Lipinski definition) is 0. The third kappa shape index (κ3) is 3.33. The van der Waals surface area contributed by atoms with E-state index in [0.29, 0.717) is 4.52 Å². The normalized spacial score (nSPS) is 9.78. The summed E-state index contributed by atoms with van der Waals surface area (Å²) in [6, 6.07) is 3.01. The summed E-state index contributed by atoms with van der Waals surface area (Å²) in [6.45, 7) is 0. The molecule has 0 atom stereocenters. The van der Waals surface area contributed by atoms with Crippen LogP contribution in [0.3, 0.4) is 0 Å².